The maximum Gasteiger partial charge on any atom is 0.264 e. The topological polar surface area (TPSA) is 70.9 Å². The average molecular weight is 411 g/mol. The second-order valence-corrected chi connectivity index (χ2v) is 7.73. The number of nitrogens with zero attached hydrogens (tertiary/aromatic N) is 1. The quantitative estimate of drug-likeness (QED) is 0.737. The van der Waals surface area contributed by atoms with Crippen LogP contribution in [0, 0.1) is 0 Å². The molecule has 2 fully saturated rings. The highest BCUT2D eigenvalue weighted by molar-refractivity contribution is 9.10. The first-order valence-corrected chi connectivity index (χ1v) is 9.53. The van der Waals surface area contributed by atoms with Gasteiger partial charge in [0.1, 0.15) is 0 Å². The van der Waals surface area contributed by atoms with Crippen LogP contribution in [0.3, 0.4) is 0 Å². The van der Waals surface area contributed by atoms with Gasteiger partial charge in [-0.05, 0) is 64.3 Å². The van der Waals surface area contributed by atoms with Crippen LogP contribution in [-0.2, 0) is 4.79 Å². The van der Waals surface area contributed by atoms with Crippen molar-refractivity contribution >= 4 is 44.8 Å². The molecular weight excluding hydrogens is 392 g/mol. The van der Waals surface area contributed by atoms with E-state index in [2.05, 4.69) is 26.2 Å². The predicted molar refractivity (Wildman–Crippen MR) is 100 cm³/mol. The van der Waals surface area contributed by atoms with Gasteiger partial charge in [-0.2, -0.15) is 0 Å². The van der Waals surface area contributed by atoms with Crippen LogP contribution in [0.25, 0.3) is 6.08 Å². The van der Waals surface area contributed by atoms with Crippen molar-refractivity contribution in [2.24, 2.45) is 4.99 Å². The van der Waals surface area contributed by atoms with Gasteiger partial charge in [0.25, 0.3) is 5.91 Å². The summed E-state index contributed by atoms with van der Waals surface area (Å²) >= 11 is 4.65. The molecule has 1 saturated carbocycles. The summed E-state index contributed by atoms with van der Waals surface area (Å²) in [5.74, 6) is 0.260. The monoisotopic (exact) mass is 410 g/mol. The van der Waals surface area contributed by atoms with Crippen LogP contribution < -0.4 is 10.1 Å². The van der Waals surface area contributed by atoms with E-state index in [1.165, 1.54) is 38.1 Å². The number of amidine groups is 1. The Morgan fingerprint density at radius 3 is 2.83 bits per heavy atom. The van der Waals surface area contributed by atoms with Gasteiger partial charge in [-0.1, -0.05) is 19.3 Å². The number of methoxy groups -OCH3 is 1. The summed E-state index contributed by atoms with van der Waals surface area (Å²) in [6, 6.07) is 3.76. The number of phenols is 1. The Balaban J connectivity index is 1.79. The number of aliphatic imine (C=N–C) groups is 1. The molecule has 0 bridgehead atoms. The number of aromatic hydroxyl groups is 1. The molecule has 24 heavy (non-hydrogen) atoms. The molecule has 1 aromatic carbocycles. The summed E-state index contributed by atoms with van der Waals surface area (Å²) in [6.07, 6.45) is 7.68. The van der Waals surface area contributed by atoms with E-state index in [0.717, 1.165) is 18.4 Å². The lowest BCUT2D eigenvalue weighted by Crippen LogP contribution is -2.22. The predicted octanol–water partition coefficient (Wildman–Crippen LogP) is 4.06. The largest absolute Gasteiger partial charge is 0.503 e. The molecule has 1 heterocycles. The minimum Gasteiger partial charge on any atom is -0.503 e. The van der Waals surface area contributed by atoms with Crippen molar-refractivity contribution < 1.29 is 14.6 Å². The van der Waals surface area contributed by atoms with Crippen molar-refractivity contribution in [3.05, 3.63) is 27.1 Å². The fourth-order valence-corrected chi connectivity index (χ4v) is 4.20. The Morgan fingerprint density at radius 1 is 1.38 bits per heavy atom. The second-order valence-electron chi connectivity index (χ2n) is 5.84. The van der Waals surface area contributed by atoms with E-state index in [0.29, 0.717) is 26.3 Å². The lowest BCUT2D eigenvalue weighted by molar-refractivity contribution is -0.115. The minimum atomic E-state index is -0.141. The van der Waals surface area contributed by atoms with E-state index in [9.17, 15) is 9.90 Å². The van der Waals surface area contributed by atoms with Crippen LogP contribution in [0.15, 0.2) is 26.5 Å². The van der Waals surface area contributed by atoms with Gasteiger partial charge in [0.2, 0.25) is 0 Å². The summed E-state index contributed by atoms with van der Waals surface area (Å²) < 4.78 is 5.66. The van der Waals surface area contributed by atoms with E-state index >= 15 is 0 Å². The van der Waals surface area contributed by atoms with Gasteiger partial charge in [0.05, 0.1) is 22.5 Å². The second kappa shape index (κ2) is 7.61. The summed E-state index contributed by atoms with van der Waals surface area (Å²) in [5.41, 5.74) is 0.771. The zero-order valence-electron chi connectivity index (χ0n) is 13.3. The number of amides is 1. The number of phenolic OH excluding ortho intramolecular Hbond substituents is 1. The first-order chi connectivity index (χ1) is 11.6. The zero-order chi connectivity index (χ0) is 17.1. The zero-order valence-corrected chi connectivity index (χ0v) is 15.7. The smallest absolute Gasteiger partial charge is 0.264 e. The SMILES string of the molecule is COc1cc(C=C2SC(=NC3CCCCC3)NC2=O)cc(Br)c1O. The first kappa shape index (κ1) is 17.4. The number of ether oxygens (including phenoxy) is 1. The van der Waals surface area contributed by atoms with Crippen LogP contribution in [0.4, 0.5) is 0 Å². The molecule has 1 saturated heterocycles. The molecule has 0 atom stereocenters. The third-order valence-electron chi connectivity index (χ3n) is 4.09. The normalized spacial score (nSPS) is 22.2. The molecule has 7 heteroatoms. The van der Waals surface area contributed by atoms with Crippen molar-refractivity contribution in [1.29, 1.82) is 0 Å². The number of carbonyl (C=O) groups is 1. The highest BCUT2D eigenvalue weighted by Crippen LogP contribution is 2.37. The number of hydrogen-bond donors (Lipinski definition) is 2. The Labute approximate surface area is 153 Å². The summed E-state index contributed by atoms with van der Waals surface area (Å²) in [7, 11) is 1.49. The standard InChI is InChI=1S/C17H19BrN2O3S/c1-23-13-8-10(7-12(18)15(13)21)9-14-16(22)20-17(24-14)19-11-5-3-2-4-6-11/h7-9,11,21H,2-6H2,1H3,(H,19,20,22). The maximum atomic E-state index is 12.2. The van der Waals surface area contributed by atoms with E-state index in [1.807, 2.05) is 0 Å². The molecule has 1 aliphatic carbocycles. The van der Waals surface area contributed by atoms with E-state index in [4.69, 9.17) is 4.74 Å². The van der Waals surface area contributed by atoms with Gasteiger partial charge in [0, 0.05) is 0 Å². The summed E-state index contributed by atoms with van der Waals surface area (Å²) in [5, 5.41) is 13.4. The third-order valence-corrected chi connectivity index (χ3v) is 5.62. The van der Waals surface area contributed by atoms with Gasteiger partial charge < -0.3 is 15.2 Å². The number of rotatable bonds is 3. The maximum absolute atomic E-state index is 12.2. The van der Waals surface area contributed by atoms with E-state index < -0.39 is 0 Å². The minimum absolute atomic E-state index is 0.0442. The average Bonchev–Trinajstić information content (AvgIpc) is 2.91. The lowest BCUT2D eigenvalue weighted by Gasteiger charge is -2.17. The molecule has 1 aliphatic heterocycles. The molecule has 128 valence electrons. The summed E-state index contributed by atoms with van der Waals surface area (Å²) in [4.78, 5) is 17.4. The highest BCUT2D eigenvalue weighted by Gasteiger charge is 2.25. The number of hydrogen-bond acceptors (Lipinski definition) is 5. The van der Waals surface area contributed by atoms with E-state index in [1.54, 1.807) is 18.2 Å². The number of carbonyl (C=O) groups excluding carboxylic acids is 1. The lowest BCUT2D eigenvalue weighted by atomic mass is 9.96. The van der Waals surface area contributed by atoms with Gasteiger partial charge in [-0.25, -0.2) is 0 Å². The first-order valence-electron chi connectivity index (χ1n) is 7.92. The Kier molecular flexibility index (Phi) is 5.50. The number of benzene rings is 1. The van der Waals surface area contributed by atoms with Crippen LogP contribution in [0.1, 0.15) is 37.7 Å². The molecule has 5 nitrogen and oxygen atoms in total. The van der Waals surface area contributed by atoms with Crippen molar-refractivity contribution in [1.82, 2.24) is 5.32 Å². The molecule has 2 N–H and O–H groups in total. The fourth-order valence-electron chi connectivity index (χ4n) is 2.85. The molecule has 0 unspecified atom stereocenters. The van der Waals surface area contributed by atoms with Crippen LogP contribution in [-0.4, -0.2) is 29.3 Å². The van der Waals surface area contributed by atoms with Gasteiger partial charge >= 0.3 is 0 Å². The molecule has 0 radical (unpaired) electrons. The van der Waals surface area contributed by atoms with Crippen LogP contribution >= 0.6 is 27.7 Å². The van der Waals surface area contributed by atoms with Gasteiger partial charge in [0.15, 0.2) is 16.7 Å². The van der Waals surface area contributed by atoms with E-state index in [-0.39, 0.29) is 11.7 Å². The summed E-state index contributed by atoms with van der Waals surface area (Å²) in [6.45, 7) is 0. The van der Waals surface area contributed by atoms with Gasteiger partial charge in [-0.3, -0.25) is 9.79 Å². The van der Waals surface area contributed by atoms with Crippen molar-refractivity contribution in [2.75, 3.05) is 7.11 Å². The van der Waals surface area contributed by atoms with Crippen molar-refractivity contribution in [2.45, 2.75) is 38.1 Å². The fraction of sp³-hybridized carbons (Fsp3) is 0.412. The Bertz CT molecular complexity index is 712. The molecule has 0 aromatic heterocycles. The molecule has 2 aliphatic rings. The highest BCUT2D eigenvalue weighted by atomic mass is 79.9. The van der Waals surface area contributed by atoms with Crippen molar-refractivity contribution in [3.8, 4) is 11.5 Å². The van der Waals surface area contributed by atoms with Crippen LogP contribution in [0.5, 0.6) is 11.5 Å². The van der Waals surface area contributed by atoms with Gasteiger partial charge in [-0.15, -0.1) is 0 Å². The molecule has 3 rings (SSSR count). The number of nitrogens with one attached hydrogen (secondary N) is 1. The Morgan fingerprint density at radius 2 is 2.12 bits per heavy atom. The Hall–Kier alpha value is -1.47. The molecule has 0 spiro atoms. The van der Waals surface area contributed by atoms with Crippen molar-refractivity contribution in [3.63, 3.8) is 0 Å². The molecule has 1 amide bonds. The molecular formula is C17H19BrN2O3S. The number of thioether (sulfide) groups is 1. The number of halogens is 1. The van der Waals surface area contributed by atoms with Crippen LogP contribution in [0.2, 0.25) is 0 Å². The third kappa shape index (κ3) is 3.95. The molecule has 1 aromatic rings.